The standard InChI is InChI=1S/C15H25NO4S/c1-20-9-8-16(11-13-5-3-2-4-6-13)15(17)14-7-10-21(18,19)12-14/h2-3,13-14H,4-12H2,1H3. The van der Waals surface area contributed by atoms with Crippen molar-refractivity contribution in [2.45, 2.75) is 25.7 Å². The lowest BCUT2D eigenvalue weighted by atomic mass is 9.93. The number of ether oxygens (including phenoxy) is 1. The van der Waals surface area contributed by atoms with Crippen molar-refractivity contribution < 1.29 is 17.9 Å². The van der Waals surface area contributed by atoms with Crippen LogP contribution in [-0.4, -0.2) is 57.5 Å². The first kappa shape index (κ1) is 16.5. The average molecular weight is 315 g/mol. The van der Waals surface area contributed by atoms with E-state index in [-0.39, 0.29) is 23.3 Å². The third kappa shape index (κ3) is 4.81. The van der Waals surface area contributed by atoms with Crippen molar-refractivity contribution >= 4 is 15.7 Å². The van der Waals surface area contributed by atoms with Crippen LogP contribution in [0, 0.1) is 11.8 Å². The van der Waals surface area contributed by atoms with E-state index in [1.165, 1.54) is 0 Å². The number of carbonyl (C=O) groups excluding carboxylic acids is 1. The molecule has 1 fully saturated rings. The van der Waals surface area contributed by atoms with E-state index in [0.29, 0.717) is 32.0 Å². The summed E-state index contributed by atoms with van der Waals surface area (Å²) in [6.45, 7) is 1.75. The first-order valence-corrected chi connectivity index (χ1v) is 9.47. The summed E-state index contributed by atoms with van der Waals surface area (Å²) < 4.78 is 28.2. The minimum absolute atomic E-state index is 0.0114. The molecule has 0 radical (unpaired) electrons. The SMILES string of the molecule is COCCN(CC1CC=CCC1)C(=O)C1CCS(=O)(=O)C1. The fourth-order valence-corrected chi connectivity index (χ4v) is 4.81. The highest BCUT2D eigenvalue weighted by molar-refractivity contribution is 7.91. The molecule has 0 aromatic rings. The number of carbonyl (C=O) groups is 1. The van der Waals surface area contributed by atoms with Crippen molar-refractivity contribution in [2.24, 2.45) is 11.8 Å². The van der Waals surface area contributed by atoms with Crippen molar-refractivity contribution in [1.82, 2.24) is 4.90 Å². The molecule has 5 nitrogen and oxygen atoms in total. The largest absolute Gasteiger partial charge is 0.383 e. The summed E-state index contributed by atoms with van der Waals surface area (Å²) in [5, 5.41) is 0. The van der Waals surface area contributed by atoms with E-state index < -0.39 is 9.84 Å². The summed E-state index contributed by atoms with van der Waals surface area (Å²) in [6.07, 6.45) is 7.98. The molecule has 0 spiro atoms. The third-order valence-electron chi connectivity index (χ3n) is 4.31. The number of hydrogen-bond acceptors (Lipinski definition) is 4. The molecule has 6 heteroatoms. The van der Waals surface area contributed by atoms with Crippen molar-refractivity contribution in [3.63, 3.8) is 0 Å². The lowest BCUT2D eigenvalue weighted by Gasteiger charge is -2.30. The van der Waals surface area contributed by atoms with Gasteiger partial charge in [0.25, 0.3) is 0 Å². The second-order valence-electron chi connectivity index (χ2n) is 6.03. The molecular weight excluding hydrogens is 290 g/mol. The monoisotopic (exact) mass is 315 g/mol. The Bertz CT molecular complexity index is 486. The third-order valence-corrected chi connectivity index (χ3v) is 6.08. The van der Waals surface area contributed by atoms with Crippen LogP contribution in [0.4, 0.5) is 0 Å². The summed E-state index contributed by atoms with van der Waals surface area (Å²) >= 11 is 0. The molecule has 0 bridgehead atoms. The maximum Gasteiger partial charge on any atom is 0.226 e. The van der Waals surface area contributed by atoms with Crippen LogP contribution in [0.15, 0.2) is 12.2 Å². The zero-order valence-corrected chi connectivity index (χ0v) is 13.5. The first-order valence-electron chi connectivity index (χ1n) is 7.65. The van der Waals surface area contributed by atoms with Gasteiger partial charge in [0, 0.05) is 20.2 Å². The van der Waals surface area contributed by atoms with Crippen LogP contribution in [0.5, 0.6) is 0 Å². The Morgan fingerprint density at radius 2 is 2.14 bits per heavy atom. The Morgan fingerprint density at radius 3 is 2.71 bits per heavy atom. The van der Waals surface area contributed by atoms with Crippen LogP contribution in [0.25, 0.3) is 0 Å². The lowest BCUT2D eigenvalue weighted by molar-refractivity contribution is -0.136. The topological polar surface area (TPSA) is 63.7 Å². The molecule has 2 aliphatic rings. The Hall–Kier alpha value is -0.880. The van der Waals surface area contributed by atoms with E-state index in [0.717, 1.165) is 19.3 Å². The second-order valence-corrected chi connectivity index (χ2v) is 8.26. The maximum absolute atomic E-state index is 12.6. The molecule has 1 amide bonds. The summed E-state index contributed by atoms with van der Waals surface area (Å²) in [6, 6.07) is 0. The van der Waals surface area contributed by atoms with Crippen molar-refractivity contribution in [2.75, 3.05) is 38.3 Å². The van der Waals surface area contributed by atoms with Gasteiger partial charge in [0.1, 0.15) is 0 Å². The smallest absolute Gasteiger partial charge is 0.226 e. The van der Waals surface area contributed by atoms with Crippen LogP contribution < -0.4 is 0 Å². The Balaban J connectivity index is 1.97. The molecule has 2 atom stereocenters. The predicted octanol–water partition coefficient (Wildman–Crippen LogP) is 1.25. The van der Waals surface area contributed by atoms with E-state index in [1.807, 2.05) is 4.90 Å². The molecule has 2 rings (SSSR count). The molecule has 2 unspecified atom stereocenters. The summed E-state index contributed by atoms with van der Waals surface area (Å²) in [7, 11) is -1.40. The molecule has 21 heavy (non-hydrogen) atoms. The second kappa shape index (κ2) is 7.40. The molecular formula is C15H25NO4S. The van der Waals surface area contributed by atoms with Gasteiger partial charge >= 0.3 is 0 Å². The van der Waals surface area contributed by atoms with Crippen molar-refractivity contribution in [3.8, 4) is 0 Å². The number of sulfone groups is 1. The molecule has 0 aromatic heterocycles. The first-order chi connectivity index (χ1) is 10.0. The number of methoxy groups -OCH3 is 1. The highest BCUT2D eigenvalue weighted by atomic mass is 32.2. The fraction of sp³-hybridized carbons (Fsp3) is 0.800. The number of nitrogens with zero attached hydrogens (tertiary/aromatic N) is 1. The summed E-state index contributed by atoms with van der Waals surface area (Å²) in [5.41, 5.74) is 0. The van der Waals surface area contributed by atoms with Gasteiger partial charge in [0.05, 0.1) is 24.0 Å². The molecule has 1 saturated heterocycles. The summed E-state index contributed by atoms with van der Waals surface area (Å²) in [4.78, 5) is 14.4. The summed E-state index contributed by atoms with van der Waals surface area (Å²) in [5.74, 6) is 0.274. The molecule has 0 N–H and O–H groups in total. The van der Waals surface area contributed by atoms with Crippen LogP contribution in [-0.2, 0) is 19.4 Å². The predicted molar refractivity (Wildman–Crippen MR) is 81.7 cm³/mol. The van der Waals surface area contributed by atoms with E-state index in [1.54, 1.807) is 7.11 Å². The van der Waals surface area contributed by atoms with Gasteiger partial charge in [0.2, 0.25) is 5.91 Å². The van der Waals surface area contributed by atoms with Crippen molar-refractivity contribution in [1.29, 1.82) is 0 Å². The zero-order valence-electron chi connectivity index (χ0n) is 12.7. The number of rotatable bonds is 6. The lowest BCUT2D eigenvalue weighted by Crippen LogP contribution is -2.41. The van der Waals surface area contributed by atoms with E-state index in [4.69, 9.17) is 4.74 Å². The van der Waals surface area contributed by atoms with Crippen LogP contribution in [0.3, 0.4) is 0 Å². The quantitative estimate of drug-likeness (QED) is 0.692. The normalized spacial score (nSPS) is 27.7. The van der Waals surface area contributed by atoms with Crippen LogP contribution >= 0.6 is 0 Å². The van der Waals surface area contributed by atoms with E-state index >= 15 is 0 Å². The van der Waals surface area contributed by atoms with Gasteiger partial charge in [-0.3, -0.25) is 4.79 Å². The Labute approximate surface area is 127 Å². The van der Waals surface area contributed by atoms with Gasteiger partial charge in [-0.15, -0.1) is 0 Å². The number of amides is 1. The average Bonchev–Trinajstić information content (AvgIpc) is 2.84. The van der Waals surface area contributed by atoms with Crippen LogP contribution in [0.1, 0.15) is 25.7 Å². The van der Waals surface area contributed by atoms with Gasteiger partial charge in [0.15, 0.2) is 9.84 Å². The Morgan fingerprint density at radius 1 is 1.33 bits per heavy atom. The molecule has 1 aliphatic carbocycles. The highest BCUT2D eigenvalue weighted by Crippen LogP contribution is 2.24. The van der Waals surface area contributed by atoms with E-state index in [9.17, 15) is 13.2 Å². The van der Waals surface area contributed by atoms with Crippen LogP contribution in [0.2, 0.25) is 0 Å². The molecule has 0 saturated carbocycles. The maximum atomic E-state index is 12.6. The van der Waals surface area contributed by atoms with Gasteiger partial charge in [-0.1, -0.05) is 12.2 Å². The minimum atomic E-state index is -3.02. The zero-order chi connectivity index (χ0) is 15.3. The van der Waals surface area contributed by atoms with Gasteiger partial charge in [-0.25, -0.2) is 8.42 Å². The van der Waals surface area contributed by atoms with Crippen molar-refractivity contribution in [3.05, 3.63) is 12.2 Å². The number of allylic oxidation sites excluding steroid dienone is 2. The van der Waals surface area contributed by atoms with Gasteiger partial charge in [-0.2, -0.15) is 0 Å². The molecule has 120 valence electrons. The highest BCUT2D eigenvalue weighted by Gasteiger charge is 2.35. The molecule has 0 aromatic carbocycles. The van der Waals surface area contributed by atoms with Gasteiger partial charge < -0.3 is 9.64 Å². The fourth-order valence-electron chi connectivity index (χ4n) is 3.07. The van der Waals surface area contributed by atoms with Gasteiger partial charge in [-0.05, 0) is 31.6 Å². The molecule has 1 aliphatic heterocycles. The number of hydrogen-bond donors (Lipinski definition) is 0. The minimum Gasteiger partial charge on any atom is -0.383 e. The van der Waals surface area contributed by atoms with E-state index in [2.05, 4.69) is 12.2 Å². The Kier molecular flexibility index (Phi) is 5.81. The molecule has 1 heterocycles.